The van der Waals surface area contributed by atoms with Gasteiger partial charge in [-0.3, -0.25) is 0 Å². The van der Waals surface area contributed by atoms with Crippen LogP contribution in [0.3, 0.4) is 0 Å². The van der Waals surface area contributed by atoms with Crippen LogP contribution in [0.1, 0.15) is 31.7 Å². The average molecular weight is 307 g/mol. The minimum atomic E-state index is -3.53. The summed E-state index contributed by atoms with van der Waals surface area (Å²) in [5.74, 6) is 0. The molecule has 1 aliphatic rings. The zero-order chi connectivity index (χ0) is 15.5. The fraction of sp³-hybridized carbons (Fsp3) is 0.533. The molecule has 6 heteroatoms. The molecule has 0 aromatic heterocycles. The van der Waals surface area contributed by atoms with Gasteiger partial charge < -0.3 is 5.73 Å². The van der Waals surface area contributed by atoms with E-state index in [2.05, 4.69) is 6.07 Å². The van der Waals surface area contributed by atoms with E-state index in [9.17, 15) is 8.42 Å². The van der Waals surface area contributed by atoms with E-state index < -0.39 is 10.0 Å². The first-order valence-corrected chi connectivity index (χ1v) is 8.64. The monoisotopic (exact) mass is 307 g/mol. The van der Waals surface area contributed by atoms with Crippen LogP contribution in [0.5, 0.6) is 0 Å². The number of nitrogens with two attached hydrogens (primary N) is 1. The van der Waals surface area contributed by atoms with Crippen LogP contribution in [0.4, 0.5) is 0 Å². The highest BCUT2D eigenvalue weighted by atomic mass is 32.2. The maximum Gasteiger partial charge on any atom is 0.243 e. The molecule has 114 valence electrons. The first kappa shape index (κ1) is 16.0. The molecule has 2 N–H and O–H groups in total. The van der Waals surface area contributed by atoms with Crippen molar-refractivity contribution in [1.29, 1.82) is 5.26 Å². The molecule has 1 saturated heterocycles. The van der Waals surface area contributed by atoms with E-state index in [1.807, 2.05) is 6.92 Å². The molecule has 5 nitrogen and oxygen atoms in total. The van der Waals surface area contributed by atoms with Gasteiger partial charge in [-0.1, -0.05) is 18.6 Å². The minimum Gasteiger partial charge on any atom is -0.329 e. The van der Waals surface area contributed by atoms with Crippen molar-refractivity contribution in [3.8, 4) is 6.07 Å². The van der Waals surface area contributed by atoms with Crippen LogP contribution in [0.25, 0.3) is 0 Å². The van der Waals surface area contributed by atoms with Crippen molar-refractivity contribution in [2.24, 2.45) is 5.73 Å². The first-order valence-electron chi connectivity index (χ1n) is 7.20. The van der Waals surface area contributed by atoms with Gasteiger partial charge in [-0.2, -0.15) is 9.57 Å². The fourth-order valence-electron chi connectivity index (χ4n) is 2.91. The van der Waals surface area contributed by atoms with Gasteiger partial charge in [0.25, 0.3) is 0 Å². The Morgan fingerprint density at radius 2 is 2.00 bits per heavy atom. The standard InChI is InChI=1S/C15H21N3O2S/c1-12-3-2-4-14(11-17)18(12)21(19,20)15-7-5-13(6-8-15)9-10-16/h5-8,12,14H,2-4,9,11,17H2,1H3. The third-order valence-corrected chi connectivity index (χ3v) is 6.09. The van der Waals surface area contributed by atoms with E-state index in [1.54, 1.807) is 28.6 Å². The average Bonchev–Trinajstić information content (AvgIpc) is 2.47. The lowest BCUT2D eigenvalue weighted by Crippen LogP contribution is -2.51. The van der Waals surface area contributed by atoms with Gasteiger partial charge >= 0.3 is 0 Å². The molecular weight excluding hydrogens is 286 g/mol. The summed E-state index contributed by atoms with van der Waals surface area (Å²) in [7, 11) is -3.53. The second-order valence-electron chi connectivity index (χ2n) is 5.48. The SMILES string of the molecule is CC1CCCC(CN)N1S(=O)(=O)c1ccc(CC#N)cc1. The number of hydrogen-bond donors (Lipinski definition) is 1. The number of benzene rings is 1. The number of nitriles is 1. The molecule has 2 rings (SSSR count). The highest BCUT2D eigenvalue weighted by molar-refractivity contribution is 7.89. The van der Waals surface area contributed by atoms with E-state index in [0.29, 0.717) is 6.54 Å². The summed E-state index contributed by atoms with van der Waals surface area (Å²) < 4.78 is 27.2. The number of piperidine rings is 1. The predicted octanol–water partition coefficient (Wildman–Crippen LogP) is 1.64. The second kappa shape index (κ2) is 6.56. The summed E-state index contributed by atoms with van der Waals surface area (Å²) in [6.45, 7) is 2.28. The smallest absolute Gasteiger partial charge is 0.243 e. The normalized spacial score (nSPS) is 23.7. The first-order chi connectivity index (χ1) is 10.0. The lowest BCUT2D eigenvalue weighted by molar-refractivity contribution is 0.196. The molecule has 1 aromatic rings. The van der Waals surface area contributed by atoms with E-state index >= 15 is 0 Å². The third-order valence-electron chi connectivity index (χ3n) is 4.01. The van der Waals surface area contributed by atoms with Gasteiger partial charge in [0.2, 0.25) is 10.0 Å². The zero-order valence-corrected chi connectivity index (χ0v) is 13.0. The molecule has 0 amide bonds. The van der Waals surface area contributed by atoms with Crippen LogP contribution in [-0.2, 0) is 16.4 Å². The van der Waals surface area contributed by atoms with Gasteiger partial charge in [-0.05, 0) is 37.5 Å². The van der Waals surface area contributed by atoms with E-state index in [-0.39, 0.29) is 23.4 Å². The number of nitrogens with zero attached hydrogens (tertiary/aromatic N) is 2. The molecule has 1 fully saturated rings. The van der Waals surface area contributed by atoms with Crippen LogP contribution >= 0.6 is 0 Å². The third kappa shape index (κ3) is 3.26. The Labute approximate surface area is 126 Å². The lowest BCUT2D eigenvalue weighted by atomic mass is 10.00. The zero-order valence-electron chi connectivity index (χ0n) is 12.2. The summed E-state index contributed by atoms with van der Waals surface area (Å²) in [4.78, 5) is 0.274. The van der Waals surface area contributed by atoms with Gasteiger partial charge in [0.1, 0.15) is 0 Å². The Morgan fingerprint density at radius 1 is 1.33 bits per heavy atom. The number of rotatable bonds is 4. The molecule has 0 aliphatic carbocycles. The van der Waals surface area contributed by atoms with Crippen molar-refractivity contribution in [2.75, 3.05) is 6.54 Å². The fourth-order valence-corrected chi connectivity index (χ4v) is 4.80. The Bertz CT molecular complexity index is 619. The van der Waals surface area contributed by atoms with Crippen LogP contribution in [0.2, 0.25) is 0 Å². The van der Waals surface area contributed by atoms with Crippen LogP contribution in [-0.4, -0.2) is 31.4 Å². The van der Waals surface area contributed by atoms with Gasteiger partial charge in [-0.25, -0.2) is 8.42 Å². The van der Waals surface area contributed by atoms with Crippen LogP contribution in [0, 0.1) is 11.3 Å². The van der Waals surface area contributed by atoms with Gasteiger partial charge in [0.05, 0.1) is 17.4 Å². The summed E-state index contributed by atoms with van der Waals surface area (Å²) in [6.07, 6.45) is 2.97. The van der Waals surface area contributed by atoms with E-state index in [1.165, 1.54) is 0 Å². The largest absolute Gasteiger partial charge is 0.329 e. The number of sulfonamides is 1. The maximum atomic E-state index is 12.8. The van der Waals surface area contributed by atoms with Crippen molar-refractivity contribution in [1.82, 2.24) is 4.31 Å². The van der Waals surface area contributed by atoms with E-state index in [0.717, 1.165) is 24.8 Å². The Kier molecular flexibility index (Phi) is 4.99. The summed E-state index contributed by atoms with van der Waals surface area (Å²) in [6, 6.07) is 8.45. The molecule has 2 atom stereocenters. The molecule has 1 aromatic carbocycles. The van der Waals surface area contributed by atoms with Crippen LogP contribution < -0.4 is 5.73 Å². The number of hydrogen-bond acceptors (Lipinski definition) is 4. The molecule has 21 heavy (non-hydrogen) atoms. The van der Waals surface area contributed by atoms with Crippen molar-refractivity contribution >= 4 is 10.0 Å². The van der Waals surface area contributed by atoms with Crippen molar-refractivity contribution in [3.05, 3.63) is 29.8 Å². The Balaban J connectivity index is 2.33. The van der Waals surface area contributed by atoms with Gasteiger partial charge in [-0.15, -0.1) is 0 Å². The maximum absolute atomic E-state index is 12.8. The molecule has 1 heterocycles. The molecular formula is C15H21N3O2S. The van der Waals surface area contributed by atoms with Crippen molar-refractivity contribution in [3.63, 3.8) is 0 Å². The Morgan fingerprint density at radius 3 is 2.57 bits per heavy atom. The Hall–Kier alpha value is -1.42. The molecule has 0 radical (unpaired) electrons. The lowest BCUT2D eigenvalue weighted by Gasteiger charge is -2.38. The summed E-state index contributed by atoms with van der Waals surface area (Å²) in [5, 5.41) is 8.66. The van der Waals surface area contributed by atoms with Crippen molar-refractivity contribution in [2.45, 2.75) is 49.6 Å². The highest BCUT2D eigenvalue weighted by Gasteiger charge is 2.37. The summed E-state index contributed by atoms with van der Waals surface area (Å²) in [5.41, 5.74) is 6.57. The quantitative estimate of drug-likeness (QED) is 0.916. The van der Waals surface area contributed by atoms with Crippen LogP contribution in [0.15, 0.2) is 29.2 Å². The van der Waals surface area contributed by atoms with Crippen molar-refractivity contribution < 1.29 is 8.42 Å². The molecule has 2 unspecified atom stereocenters. The summed E-state index contributed by atoms with van der Waals surface area (Å²) >= 11 is 0. The molecule has 0 saturated carbocycles. The molecule has 1 aliphatic heterocycles. The highest BCUT2D eigenvalue weighted by Crippen LogP contribution is 2.29. The second-order valence-corrected chi connectivity index (χ2v) is 7.33. The topological polar surface area (TPSA) is 87.2 Å². The minimum absolute atomic E-state index is 0.0314. The molecule has 0 bridgehead atoms. The van der Waals surface area contributed by atoms with Gasteiger partial charge in [0.15, 0.2) is 0 Å². The van der Waals surface area contributed by atoms with Gasteiger partial charge in [0, 0.05) is 18.6 Å². The predicted molar refractivity (Wildman–Crippen MR) is 80.9 cm³/mol. The van der Waals surface area contributed by atoms with E-state index in [4.69, 9.17) is 11.0 Å². The molecule has 0 spiro atoms.